The van der Waals surface area contributed by atoms with E-state index in [-0.39, 0.29) is 25.8 Å². The Balaban J connectivity index is 0.000000228. The van der Waals surface area contributed by atoms with E-state index in [2.05, 4.69) is 48.1 Å². The first-order valence-corrected chi connectivity index (χ1v) is 13.0. The maximum Gasteiger partial charge on any atom is 0.240 e. The molecule has 0 aliphatic heterocycles. The van der Waals surface area contributed by atoms with Gasteiger partial charge in [-0.25, -0.2) is 9.37 Å². The van der Waals surface area contributed by atoms with Gasteiger partial charge in [-0.2, -0.15) is 4.39 Å². The van der Waals surface area contributed by atoms with Gasteiger partial charge in [0.15, 0.2) is 5.82 Å². The summed E-state index contributed by atoms with van der Waals surface area (Å²) in [5.74, 6) is -2.15. The summed E-state index contributed by atoms with van der Waals surface area (Å²) >= 11 is 0. The molecule has 0 fully saturated rings. The first-order valence-electron chi connectivity index (χ1n) is 13.0. The van der Waals surface area contributed by atoms with Gasteiger partial charge in [0.2, 0.25) is 11.7 Å². The van der Waals surface area contributed by atoms with E-state index in [4.69, 9.17) is 9.40 Å². The molecule has 0 saturated carbocycles. The molecule has 0 N–H and O–H groups in total. The van der Waals surface area contributed by atoms with Crippen LogP contribution in [0.25, 0.3) is 55.8 Å². The summed E-state index contributed by atoms with van der Waals surface area (Å²) in [6, 6.07) is 35.9. The van der Waals surface area contributed by atoms with Crippen molar-refractivity contribution < 1.29 is 33.3 Å². The molecule has 4 nitrogen and oxygen atoms in total. The van der Waals surface area contributed by atoms with E-state index in [1.54, 1.807) is 12.3 Å². The van der Waals surface area contributed by atoms with Crippen molar-refractivity contribution in [2.75, 3.05) is 0 Å². The molecule has 42 heavy (non-hydrogen) atoms. The van der Waals surface area contributed by atoms with Crippen LogP contribution in [0, 0.1) is 37.7 Å². The second-order valence-corrected chi connectivity index (χ2v) is 9.47. The molecule has 0 spiro atoms. The van der Waals surface area contributed by atoms with Crippen molar-refractivity contribution in [3.05, 3.63) is 138 Å². The summed E-state index contributed by atoms with van der Waals surface area (Å²) in [6.45, 7) is 4.10. The third-order valence-electron chi connectivity index (χ3n) is 6.75. The predicted octanol–water partition coefficient (Wildman–Crippen LogP) is 8.95. The zero-order valence-electron chi connectivity index (χ0n) is 22.7. The Kier molecular flexibility index (Phi) is 8.62. The Labute approximate surface area is 255 Å². The number of benzene rings is 3. The van der Waals surface area contributed by atoms with E-state index >= 15 is 0 Å². The summed E-state index contributed by atoms with van der Waals surface area (Å²) in [5.41, 5.74) is 7.86. The van der Waals surface area contributed by atoms with Crippen molar-refractivity contribution in [2.45, 2.75) is 13.8 Å². The predicted molar refractivity (Wildman–Crippen MR) is 157 cm³/mol. The molecule has 0 unspecified atom stereocenters. The van der Waals surface area contributed by atoms with Crippen LogP contribution in [0.1, 0.15) is 11.1 Å². The van der Waals surface area contributed by atoms with Gasteiger partial charge < -0.3 is 9.40 Å². The van der Waals surface area contributed by atoms with E-state index < -0.39 is 11.8 Å². The molecule has 1 radical (unpaired) electrons. The van der Waals surface area contributed by atoms with Crippen LogP contribution in [0.2, 0.25) is 0 Å². The van der Waals surface area contributed by atoms with Gasteiger partial charge in [-0.1, -0.05) is 47.3 Å². The maximum atomic E-state index is 13.6. The van der Waals surface area contributed by atoms with Gasteiger partial charge in [-0.3, -0.25) is 4.98 Å². The molecule has 7 heteroatoms. The minimum atomic E-state index is -1.15. The monoisotopic (exact) mass is 732 g/mol. The zero-order chi connectivity index (χ0) is 28.3. The molecule has 0 aliphatic rings. The Morgan fingerprint density at radius 2 is 1.45 bits per heavy atom. The minimum absolute atomic E-state index is 0. The molecule has 0 aliphatic carbocycles. The molecule has 4 heterocycles. The van der Waals surface area contributed by atoms with Crippen LogP contribution in [-0.2, 0) is 20.1 Å². The summed E-state index contributed by atoms with van der Waals surface area (Å²) in [4.78, 5) is 12.7. The molecule has 7 rings (SSSR count). The van der Waals surface area contributed by atoms with Crippen molar-refractivity contribution in [3.63, 3.8) is 0 Å². The molecular weight excluding hydrogens is 709 g/mol. The summed E-state index contributed by atoms with van der Waals surface area (Å²) in [7, 11) is 0. The molecule has 4 aromatic heterocycles. The number of nitrogens with zero attached hydrogens (tertiary/aromatic N) is 3. The zero-order valence-corrected chi connectivity index (χ0v) is 25.0. The Morgan fingerprint density at radius 3 is 2.17 bits per heavy atom. The van der Waals surface area contributed by atoms with Gasteiger partial charge in [0.25, 0.3) is 0 Å². The van der Waals surface area contributed by atoms with E-state index in [1.807, 2.05) is 66.7 Å². The second kappa shape index (κ2) is 12.5. The van der Waals surface area contributed by atoms with E-state index in [0.717, 1.165) is 50.5 Å². The Morgan fingerprint density at radius 1 is 0.667 bits per heavy atom. The van der Waals surface area contributed by atoms with Crippen LogP contribution in [0.15, 0.2) is 108 Å². The number of fused-ring (bicyclic) bond motifs is 3. The molecule has 0 bridgehead atoms. The fraction of sp³-hybridized carbons (Fsp3) is 0.0571. The number of hydrogen-bond acceptors (Lipinski definition) is 4. The fourth-order valence-corrected chi connectivity index (χ4v) is 4.80. The van der Waals surface area contributed by atoms with Crippen molar-refractivity contribution in [1.29, 1.82) is 0 Å². The van der Waals surface area contributed by atoms with Gasteiger partial charge in [0.1, 0.15) is 0 Å². The third-order valence-corrected chi connectivity index (χ3v) is 6.75. The number of halogens is 2. The third kappa shape index (κ3) is 5.75. The Bertz CT molecular complexity index is 1940. The second-order valence-electron chi connectivity index (χ2n) is 9.47. The smallest absolute Gasteiger partial charge is 0.240 e. The van der Waals surface area contributed by atoms with Gasteiger partial charge in [-0.15, -0.1) is 54.1 Å². The van der Waals surface area contributed by atoms with Crippen LogP contribution >= 0.6 is 0 Å². The number of rotatable bonds is 3. The number of hydrogen-bond donors (Lipinski definition) is 0. The summed E-state index contributed by atoms with van der Waals surface area (Å²) in [5, 5.41) is 1.66. The molecule has 0 saturated heterocycles. The van der Waals surface area contributed by atoms with Gasteiger partial charge in [0.05, 0.1) is 11.3 Å². The average molecular weight is 732 g/mol. The van der Waals surface area contributed by atoms with Crippen LogP contribution in [0.4, 0.5) is 8.78 Å². The van der Waals surface area contributed by atoms with Crippen LogP contribution in [0.5, 0.6) is 0 Å². The van der Waals surface area contributed by atoms with E-state index in [1.165, 1.54) is 6.07 Å². The molecule has 7 aromatic rings. The largest absolute Gasteiger partial charge is 0.486 e. The van der Waals surface area contributed by atoms with Gasteiger partial charge >= 0.3 is 0 Å². The minimum Gasteiger partial charge on any atom is -0.486 e. The van der Waals surface area contributed by atoms with Crippen LogP contribution in [-0.4, -0.2) is 15.0 Å². The molecule has 3 aromatic carbocycles. The number of aromatic nitrogens is 3. The van der Waals surface area contributed by atoms with Crippen molar-refractivity contribution in [3.8, 4) is 33.8 Å². The Hall–Kier alpha value is -4.58. The van der Waals surface area contributed by atoms with Crippen LogP contribution < -0.4 is 0 Å². The molecular formula is C35H23F2IrN3O-2. The molecule has 209 valence electrons. The summed E-state index contributed by atoms with van der Waals surface area (Å²) in [6.07, 6.45) is 1.79. The van der Waals surface area contributed by atoms with E-state index in [0.29, 0.717) is 16.9 Å². The van der Waals surface area contributed by atoms with Crippen molar-refractivity contribution in [1.82, 2.24) is 15.0 Å². The quantitative estimate of drug-likeness (QED) is 0.135. The standard InChI is InChI=1S/C24H15F2N2O.C11H8N.Ir/c1-13-5-3-6-14(2)21(13)20-11-9-16-15-7-4-8-17(22(15)29-24(16)28-20)19-12-10-18(25)23(26)27-19;1-2-6-10(7-3-1)11-8-4-5-9-12-11;/h3-7,9-12H,1-2H3;1-6,8-9H;/q2*-1;. The normalized spacial score (nSPS) is 10.7. The van der Waals surface area contributed by atoms with Gasteiger partial charge in [0, 0.05) is 37.3 Å². The SMILES string of the molecule is Cc1cccc(C)c1-c1ccc2c(n1)oc1c(-c3ccc(F)c(F)n3)[c-]ccc12.[Ir].[c-]1ccccc1-c1ccccn1. The average Bonchev–Trinajstić information content (AvgIpc) is 3.38. The number of aryl methyl sites for hydroxylation is 2. The summed E-state index contributed by atoms with van der Waals surface area (Å²) < 4.78 is 33.0. The van der Waals surface area contributed by atoms with E-state index in [9.17, 15) is 8.78 Å². The topological polar surface area (TPSA) is 51.8 Å². The number of furan rings is 1. The maximum absolute atomic E-state index is 13.6. The van der Waals surface area contributed by atoms with Crippen molar-refractivity contribution >= 4 is 22.1 Å². The van der Waals surface area contributed by atoms with Crippen molar-refractivity contribution in [2.24, 2.45) is 0 Å². The molecule has 0 atom stereocenters. The molecule has 0 amide bonds. The fourth-order valence-electron chi connectivity index (χ4n) is 4.80. The van der Waals surface area contributed by atoms with Crippen LogP contribution in [0.3, 0.4) is 0 Å². The van der Waals surface area contributed by atoms with Gasteiger partial charge in [-0.05, 0) is 60.6 Å². The number of pyridine rings is 3. The first kappa shape index (κ1) is 28.9. The first-order chi connectivity index (χ1) is 20.0.